The Bertz CT molecular complexity index is 1220. The summed E-state index contributed by atoms with van der Waals surface area (Å²) in [5.74, 6) is 0. The number of benzene rings is 3. The molecule has 1 heterocycles. The molecular formula is C22H14Cl2N2O2. The maximum absolute atomic E-state index is 11.3. The van der Waals surface area contributed by atoms with E-state index in [9.17, 15) is 10.1 Å². The van der Waals surface area contributed by atoms with Gasteiger partial charge in [-0.15, -0.1) is 0 Å². The van der Waals surface area contributed by atoms with Crippen molar-refractivity contribution in [3.8, 4) is 22.4 Å². The van der Waals surface area contributed by atoms with E-state index >= 15 is 0 Å². The van der Waals surface area contributed by atoms with Gasteiger partial charge in [-0.2, -0.15) is 0 Å². The summed E-state index contributed by atoms with van der Waals surface area (Å²) < 4.78 is 0. The van der Waals surface area contributed by atoms with Crippen LogP contribution >= 0.6 is 23.2 Å². The van der Waals surface area contributed by atoms with E-state index in [2.05, 4.69) is 0 Å². The lowest BCUT2D eigenvalue weighted by Crippen LogP contribution is -1.97. The average Bonchev–Trinajstić information content (AvgIpc) is 2.68. The van der Waals surface area contributed by atoms with Crippen LogP contribution in [0.1, 0.15) is 5.56 Å². The highest BCUT2D eigenvalue weighted by Crippen LogP contribution is 2.40. The molecule has 3 aromatic carbocycles. The maximum atomic E-state index is 11.3. The molecule has 4 nitrogen and oxygen atoms in total. The van der Waals surface area contributed by atoms with E-state index in [1.165, 1.54) is 6.07 Å². The van der Waals surface area contributed by atoms with Crippen LogP contribution in [0.2, 0.25) is 10.0 Å². The van der Waals surface area contributed by atoms with Crippen molar-refractivity contribution in [2.75, 3.05) is 0 Å². The van der Waals surface area contributed by atoms with Gasteiger partial charge in [0.25, 0.3) is 5.69 Å². The zero-order valence-electron chi connectivity index (χ0n) is 14.8. The minimum absolute atomic E-state index is 0.0307. The third-order valence-corrected chi connectivity index (χ3v) is 5.22. The monoisotopic (exact) mass is 408 g/mol. The SMILES string of the molecule is Cc1c(-c2ccc(Cl)cc2Cl)nc2ccc([N+](=O)[O-])cc2c1-c1ccccc1. The molecule has 0 amide bonds. The van der Waals surface area contributed by atoms with Crippen LogP contribution in [0, 0.1) is 17.0 Å². The first-order chi connectivity index (χ1) is 13.5. The number of non-ortho nitro benzene ring substituents is 1. The molecule has 0 fully saturated rings. The minimum Gasteiger partial charge on any atom is -0.258 e. The number of nitrogens with zero attached hydrogens (tertiary/aromatic N) is 2. The predicted molar refractivity (Wildman–Crippen MR) is 114 cm³/mol. The Labute approximate surface area is 171 Å². The maximum Gasteiger partial charge on any atom is 0.270 e. The van der Waals surface area contributed by atoms with E-state index in [1.807, 2.05) is 43.3 Å². The van der Waals surface area contributed by atoms with Crippen LogP contribution in [0.3, 0.4) is 0 Å². The fourth-order valence-corrected chi connectivity index (χ4v) is 3.88. The first kappa shape index (κ1) is 18.4. The van der Waals surface area contributed by atoms with Gasteiger partial charge in [0.05, 0.1) is 21.2 Å². The van der Waals surface area contributed by atoms with Crippen LogP contribution in [0.15, 0.2) is 66.7 Å². The van der Waals surface area contributed by atoms with Gasteiger partial charge in [0.15, 0.2) is 0 Å². The molecule has 0 aliphatic heterocycles. The van der Waals surface area contributed by atoms with Gasteiger partial charge in [-0.3, -0.25) is 10.1 Å². The predicted octanol–water partition coefficient (Wildman–Crippen LogP) is 7.09. The van der Waals surface area contributed by atoms with Crippen LogP contribution in [0.25, 0.3) is 33.3 Å². The van der Waals surface area contributed by atoms with Crippen molar-refractivity contribution in [2.45, 2.75) is 6.92 Å². The van der Waals surface area contributed by atoms with Crippen molar-refractivity contribution in [2.24, 2.45) is 0 Å². The van der Waals surface area contributed by atoms with Crippen LogP contribution in [0.4, 0.5) is 5.69 Å². The number of fused-ring (bicyclic) bond motifs is 1. The molecule has 0 saturated heterocycles. The van der Waals surface area contributed by atoms with Gasteiger partial charge in [0.1, 0.15) is 0 Å². The normalized spacial score (nSPS) is 11.0. The third-order valence-electron chi connectivity index (χ3n) is 4.67. The standard InChI is InChI=1S/C22H14Cl2N2O2/c1-13-21(14-5-3-2-4-6-14)18-12-16(26(27)28)8-10-20(18)25-22(13)17-9-7-15(23)11-19(17)24/h2-12H,1H3. The van der Waals surface area contributed by atoms with Crippen LogP contribution < -0.4 is 0 Å². The number of nitro groups is 1. The summed E-state index contributed by atoms with van der Waals surface area (Å²) in [6.45, 7) is 1.95. The number of rotatable bonds is 3. The highest BCUT2D eigenvalue weighted by atomic mass is 35.5. The second kappa shape index (κ2) is 7.23. The molecule has 0 unspecified atom stereocenters. The van der Waals surface area contributed by atoms with Crippen molar-refractivity contribution in [3.63, 3.8) is 0 Å². The average molecular weight is 409 g/mol. The second-order valence-corrected chi connectivity index (χ2v) is 7.25. The zero-order chi connectivity index (χ0) is 19.8. The fourth-order valence-electron chi connectivity index (χ4n) is 3.38. The van der Waals surface area contributed by atoms with Gasteiger partial charge in [-0.1, -0.05) is 53.5 Å². The molecule has 0 atom stereocenters. The van der Waals surface area contributed by atoms with Gasteiger partial charge in [-0.25, -0.2) is 4.98 Å². The molecule has 0 radical (unpaired) electrons. The fraction of sp³-hybridized carbons (Fsp3) is 0.0455. The summed E-state index contributed by atoms with van der Waals surface area (Å²) in [6.07, 6.45) is 0. The number of aromatic nitrogens is 1. The Morgan fingerprint density at radius 1 is 0.964 bits per heavy atom. The molecule has 0 saturated carbocycles. The highest BCUT2D eigenvalue weighted by molar-refractivity contribution is 6.36. The largest absolute Gasteiger partial charge is 0.270 e. The summed E-state index contributed by atoms with van der Waals surface area (Å²) in [4.78, 5) is 15.7. The summed E-state index contributed by atoms with van der Waals surface area (Å²) >= 11 is 12.5. The smallest absolute Gasteiger partial charge is 0.258 e. The lowest BCUT2D eigenvalue weighted by atomic mass is 9.92. The molecule has 0 N–H and O–H groups in total. The molecule has 1 aromatic heterocycles. The highest BCUT2D eigenvalue weighted by Gasteiger charge is 2.19. The first-order valence-corrected chi connectivity index (χ1v) is 9.31. The molecule has 4 rings (SSSR count). The third kappa shape index (κ3) is 3.21. The van der Waals surface area contributed by atoms with Crippen molar-refractivity contribution < 1.29 is 4.92 Å². The molecule has 0 aliphatic rings. The Morgan fingerprint density at radius 2 is 1.71 bits per heavy atom. The summed E-state index contributed by atoms with van der Waals surface area (Å²) in [5, 5.41) is 13.1. The van der Waals surface area contributed by atoms with Crippen molar-refractivity contribution in [1.29, 1.82) is 0 Å². The van der Waals surface area contributed by atoms with E-state index in [0.29, 0.717) is 15.6 Å². The van der Waals surface area contributed by atoms with E-state index in [1.54, 1.807) is 24.3 Å². The van der Waals surface area contributed by atoms with E-state index in [-0.39, 0.29) is 5.69 Å². The summed E-state index contributed by atoms with van der Waals surface area (Å²) in [5.41, 5.74) is 4.93. The Hall–Kier alpha value is -2.95. The van der Waals surface area contributed by atoms with Gasteiger partial charge in [-0.05, 0) is 47.9 Å². The van der Waals surface area contributed by atoms with E-state index in [0.717, 1.165) is 33.3 Å². The second-order valence-electron chi connectivity index (χ2n) is 6.41. The lowest BCUT2D eigenvalue weighted by Gasteiger charge is -2.16. The van der Waals surface area contributed by atoms with Gasteiger partial charge in [0.2, 0.25) is 0 Å². The summed E-state index contributed by atoms with van der Waals surface area (Å²) in [6, 6.07) is 19.8. The first-order valence-electron chi connectivity index (χ1n) is 8.55. The van der Waals surface area contributed by atoms with Crippen LogP contribution in [0.5, 0.6) is 0 Å². The Kier molecular flexibility index (Phi) is 4.75. The molecule has 6 heteroatoms. The number of pyridine rings is 1. The molecule has 0 spiro atoms. The molecule has 138 valence electrons. The van der Waals surface area contributed by atoms with Crippen molar-refractivity contribution >= 4 is 39.8 Å². The number of hydrogen-bond acceptors (Lipinski definition) is 3. The lowest BCUT2D eigenvalue weighted by molar-refractivity contribution is -0.384. The van der Waals surface area contributed by atoms with Gasteiger partial charge in [0, 0.05) is 28.1 Å². The minimum atomic E-state index is -0.395. The Morgan fingerprint density at radius 3 is 2.39 bits per heavy atom. The molecular weight excluding hydrogens is 395 g/mol. The molecule has 0 aliphatic carbocycles. The van der Waals surface area contributed by atoms with E-state index in [4.69, 9.17) is 28.2 Å². The molecule has 28 heavy (non-hydrogen) atoms. The molecule has 0 bridgehead atoms. The summed E-state index contributed by atoms with van der Waals surface area (Å²) in [7, 11) is 0. The van der Waals surface area contributed by atoms with Crippen LogP contribution in [-0.4, -0.2) is 9.91 Å². The van der Waals surface area contributed by atoms with E-state index < -0.39 is 4.92 Å². The topological polar surface area (TPSA) is 56.0 Å². The quantitative estimate of drug-likeness (QED) is 0.268. The van der Waals surface area contributed by atoms with Crippen molar-refractivity contribution in [1.82, 2.24) is 4.98 Å². The number of hydrogen-bond donors (Lipinski definition) is 0. The zero-order valence-corrected chi connectivity index (χ0v) is 16.3. The molecule has 4 aromatic rings. The van der Waals surface area contributed by atoms with Gasteiger partial charge < -0.3 is 0 Å². The van der Waals surface area contributed by atoms with Crippen LogP contribution in [-0.2, 0) is 0 Å². The van der Waals surface area contributed by atoms with Gasteiger partial charge >= 0.3 is 0 Å². The van der Waals surface area contributed by atoms with Crippen molar-refractivity contribution in [3.05, 3.63) is 92.5 Å². The number of halogens is 2. The Balaban J connectivity index is 2.10. The number of nitro benzene ring substituents is 1.